The first-order chi connectivity index (χ1) is 8.69. The minimum Gasteiger partial charge on any atom is -0.454 e. The van der Waals surface area contributed by atoms with Gasteiger partial charge in [-0.05, 0) is 17.7 Å². The van der Waals surface area contributed by atoms with E-state index in [1.54, 1.807) is 12.1 Å². The highest BCUT2D eigenvalue weighted by Crippen LogP contribution is 2.28. The van der Waals surface area contributed by atoms with E-state index in [0.29, 0.717) is 17.9 Å². The highest BCUT2D eigenvalue weighted by molar-refractivity contribution is 6.32. The molecule has 90 valence electrons. The van der Waals surface area contributed by atoms with Crippen LogP contribution < -0.4 is 4.74 Å². The lowest BCUT2D eigenvalue weighted by molar-refractivity contribution is 0.478. The average molecular weight is 280 g/mol. The van der Waals surface area contributed by atoms with Gasteiger partial charge in [-0.1, -0.05) is 35.3 Å². The summed E-state index contributed by atoms with van der Waals surface area (Å²) in [6.07, 6.45) is 0.365. The molecular formula is C12H7Cl2N3O. The number of ether oxygens (including phenoxy) is 1. The van der Waals surface area contributed by atoms with E-state index in [2.05, 4.69) is 16.3 Å². The van der Waals surface area contributed by atoms with Crippen molar-refractivity contribution in [2.24, 2.45) is 0 Å². The SMILES string of the molecule is N#CCc1ccc(Oc2cc(Cl)nnc2Cl)cc1. The van der Waals surface area contributed by atoms with Crippen molar-refractivity contribution >= 4 is 23.2 Å². The first kappa shape index (κ1) is 12.6. The number of nitriles is 1. The topological polar surface area (TPSA) is 58.8 Å². The Morgan fingerprint density at radius 2 is 1.89 bits per heavy atom. The fourth-order valence-electron chi connectivity index (χ4n) is 1.30. The minimum absolute atomic E-state index is 0.139. The van der Waals surface area contributed by atoms with Gasteiger partial charge >= 0.3 is 0 Å². The largest absolute Gasteiger partial charge is 0.454 e. The summed E-state index contributed by atoms with van der Waals surface area (Å²) < 4.78 is 5.52. The Bertz CT molecular complexity index is 593. The molecule has 2 aromatic rings. The number of rotatable bonds is 3. The Balaban J connectivity index is 2.18. The molecule has 0 fully saturated rings. The maximum Gasteiger partial charge on any atom is 0.194 e. The van der Waals surface area contributed by atoms with Gasteiger partial charge in [0.25, 0.3) is 0 Å². The van der Waals surface area contributed by atoms with Crippen molar-refractivity contribution in [3.63, 3.8) is 0 Å². The molecule has 1 aromatic carbocycles. The van der Waals surface area contributed by atoms with Crippen LogP contribution in [0, 0.1) is 11.3 Å². The molecule has 0 amide bonds. The molecule has 2 rings (SSSR count). The molecule has 0 spiro atoms. The zero-order chi connectivity index (χ0) is 13.0. The van der Waals surface area contributed by atoms with Crippen LogP contribution in [-0.2, 0) is 6.42 Å². The molecule has 18 heavy (non-hydrogen) atoms. The summed E-state index contributed by atoms with van der Waals surface area (Å²) in [6, 6.07) is 10.7. The molecule has 0 N–H and O–H groups in total. The zero-order valence-electron chi connectivity index (χ0n) is 9.10. The van der Waals surface area contributed by atoms with Crippen LogP contribution in [0.15, 0.2) is 30.3 Å². The maximum absolute atomic E-state index is 8.56. The number of hydrogen-bond donors (Lipinski definition) is 0. The molecule has 0 aliphatic carbocycles. The van der Waals surface area contributed by atoms with E-state index in [9.17, 15) is 0 Å². The van der Waals surface area contributed by atoms with E-state index in [4.69, 9.17) is 33.2 Å². The van der Waals surface area contributed by atoms with Crippen LogP contribution in [0.3, 0.4) is 0 Å². The van der Waals surface area contributed by atoms with E-state index >= 15 is 0 Å². The van der Waals surface area contributed by atoms with Crippen molar-refractivity contribution in [3.8, 4) is 17.6 Å². The molecule has 4 nitrogen and oxygen atoms in total. The summed E-state index contributed by atoms with van der Waals surface area (Å²) in [5.74, 6) is 0.923. The lowest BCUT2D eigenvalue weighted by Gasteiger charge is -2.06. The molecule has 0 aliphatic rings. The van der Waals surface area contributed by atoms with Crippen molar-refractivity contribution in [1.29, 1.82) is 5.26 Å². The van der Waals surface area contributed by atoms with Crippen LogP contribution in [0.1, 0.15) is 5.56 Å². The molecule has 0 bridgehead atoms. The molecule has 0 aliphatic heterocycles. The standard InChI is InChI=1S/C12H7Cl2N3O/c13-11-7-10(12(14)17-16-11)18-9-3-1-8(2-4-9)5-6-15/h1-4,7H,5H2. The summed E-state index contributed by atoms with van der Waals surface area (Å²) in [4.78, 5) is 0. The third-order valence-corrected chi connectivity index (χ3v) is 2.57. The van der Waals surface area contributed by atoms with Gasteiger partial charge in [0.2, 0.25) is 0 Å². The van der Waals surface area contributed by atoms with Crippen LogP contribution in [0.2, 0.25) is 10.3 Å². The Kier molecular flexibility index (Phi) is 3.98. The molecule has 1 aromatic heterocycles. The average Bonchev–Trinajstić information content (AvgIpc) is 2.37. The predicted molar refractivity (Wildman–Crippen MR) is 67.9 cm³/mol. The van der Waals surface area contributed by atoms with Gasteiger partial charge in [-0.2, -0.15) is 5.26 Å². The van der Waals surface area contributed by atoms with E-state index in [0.717, 1.165) is 5.56 Å². The smallest absolute Gasteiger partial charge is 0.194 e. The Morgan fingerprint density at radius 1 is 1.17 bits per heavy atom. The maximum atomic E-state index is 8.56. The lowest BCUT2D eigenvalue weighted by atomic mass is 10.2. The molecule has 6 heteroatoms. The van der Waals surface area contributed by atoms with Crippen molar-refractivity contribution in [2.45, 2.75) is 6.42 Å². The fourth-order valence-corrected chi connectivity index (χ4v) is 1.57. The van der Waals surface area contributed by atoms with E-state index < -0.39 is 0 Å². The Labute approximate surface area is 114 Å². The molecule has 0 saturated heterocycles. The van der Waals surface area contributed by atoms with Crippen LogP contribution in [0.5, 0.6) is 11.5 Å². The van der Waals surface area contributed by atoms with Gasteiger partial charge in [0.15, 0.2) is 16.1 Å². The number of benzene rings is 1. The molecule has 0 unspecified atom stereocenters. The van der Waals surface area contributed by atoms with Crippen molar-refractivity contribution in [2.75, 3.05) is 0 Å². The highest BCUT2D eigenvalue weighted by atomic mass is 35.5. The van der Waals surface area contributed by atoms with Gasteiger partial charge in [-0.25, -0.2) is 0 Å². The second kappa shape index (κ2) is 5.67. The highest BCUT2D eigenvalue weighted by Gasteiger charge is 2.06. The minimum atomic E-state index is 0.139. The molecule has 0 saturated carbocycles. The summed E-state index contributed by atoms with van der Waals surface area (Å²) in [5, 5.41) is 16.1. The van der Waals surface area contributed by atoms with Crippen molar-refractivity contribution < 1.29 is 4.74 Å². The van der Waals surface area contributed by atoms with E-state index in [-0.39, 0.29) is 10.3 Å². The van der Waals surface area contributed by atoms with Crippen molar-refractivity contribution in [3.05, 3.63) is 46.2 Å². The van der Waals surface area contributed by atoms with Gasteiger partial charge in [0.1, 0.15) is 5.75 Å². The molecule has 0 atom stereocenters. The van der Waals surface area contributed by atoms with Crippen LogP contribution in [0.4, 0.5) is 0 Å². The third kappa shape index (κ3) is 3.10. The molecular weight excluding hydrogens is 273 g/mol. The number of nitrogens with zero attached hydrogens (tertiary/aromatic N) is 3. The second-order valence-electron chi connectivity index (χ2n) is 3.40. The van der Waals surface area contributed by atoms with Gasteiger partial charge < -0.3 is 4.74 Å². The number of aromatic nitrogens is 2. The Morgan fingerprint density at radius 3 is 2.56 bits per heavy atom. The predicted octanol–water partition coefficient (Wildman–Crippen LogP) is 3.64. The summed E-state index contributed by atoms with van der Waals surface area (Å²) in [6.45, 7) is 0. The van der Waals surface area contributed by atoms with Crippen molar-refractivity contribution in [1.82, 2.24) is 10.2 Å². The molecule has 1 heterocycles. The van der Waals surface area contributed by atoms with Crippen LogP contribution in [0.25, 0.3) is 0 Å². The lowest BCUT2D eigenvalue weighted by Crippen LogP contribution is -1.91. The van der Waals surface area contributed by atoms with Crippen LogP contribution >= 0.6 is 23.2 Å². The molecule has 0 radical (unpaired) electrons. The van der Waals surface area contributed by atoms with Gasteiger partial charge in [-0.3, -0.25) is 0 Å². The fraction of sp³-hybridized carbons (Fsp3) is 0.0833. The normalized spacial score (nSPS) is 9.83. The number of hydrogen-bond acceptors (Lipinski definition) is 4. The quantitative estimate of drug-likeness (QED) is 0.861. The monoisotopic (exact) mass is 279 g/mol. The Hall–Kier alpha value is -1.83. The van der Waals surface area contributed by atoms with E-state index in [1.165, 1.54) is 6.07 Å². The summed E-state index contributed by atoms with van der Waals surface area (Å²) in [5.41, 5.74) is 0.918. The first-order valence-electron chi connectivity index (χ1n) is 5.01. The van der Waals surface area contributed by atoms with Gasteiger partial charge in [-0.15, -0.1) is 10.2 Å². The second-order valence-corrected chi connectivity index (χ2v) is 4.15. The first-order valence-corrected chi connectivity index (χ1v) is 5.77. The zero-order valence-corrected chi connectivity index (χ0v) is 10.6. The van der Waals surface area contributed by atoms with E-state index in [1.807, 2.05) is 12.1 Å². The van der Waals surface area contributed by atoms with Gasteiger partial charge in [0.05, 0.1) is 12.5 Å². The summed E-state index contributed by atoms with van der Waals surface area (Å²) in [7, 11) is 0. The summed E-state index contributed by atoms with van der Waals surface area (Å²) >= 11 is 11.5. The number of halogens is 2. The van der Waals surface area contributed by atoms with Gasteiger partial charge in [0, 0.05) is 6.07 Å². The third-order valence-electron chi connectivity index (χ3n) is 2.12. The van der Waals surface area contributed by atoms with Crippen LogP contribution in [-0.4, -0.2) is 10.2 Å².